The minimum atomic E-state index is -0.734. The van der Waals surface area contributed by atoms with E-state index in [4.69, 9.17) is 0 Å². The summed E-state index contributed by atoms with van der Waals surface area (Å²) in [4.78, 5) is 17.0. The average molecular weight is 222 g/mol. The van der Waals surface area contributed by atoms with Crippen molar-refractivity contribution in [3.8, 4) is 0 Å². The summed E-state index contributed by atoms with van der Waals surface area (Å²) in [5.41, 5.74) is -0.00181. The van der Waals surface area contributed by atoms with Crippen molar-refractivity contribution in [2.24, 2.45) is 0 Å². The number of carbonyl (C=O) groups excluding carboxylic acids is 1. The molecule has 0 aliphatic rings. The van der Waals surface area contributed by atoms with Gasteiger partial charge in [-0.3, -0.25) is 4.79 Å². The largest absolute Gasteiger partial charge is 0.332 e. The van der Waals surface area contributed by atoms with Gasteiger partial charge in [-0.1, -0.05) is 6.08 Å². The molecule has 1 aromatic rings. The number of amides is 1. The zero-order valence-electron chi connectivity index (χ0n) is 9.48. The smallest absolute Gasteiger partial charge is 0.259 e. The summed E-state index contributed by atoms with van der Waals surface area (Å²) < 4.78 is 13.3. The highest BCUT2D eigenvalue weighted by atomic mass is 19.1. The second kappa shape index (κ2) is 5.39. The maximum atomic E-state index is 13.3. The second-order valence-corrected chi connectivity index (χ2v) is 3.68. The maximum absolute atomic E-state index is 13.3. The lowest BCUT2D eigenvalue weighted by Gasteiger charge is -2.25. The third-order valence-corrected chi connectivity index (χ3v) is 2.20. The Kier molecular flexibility index (Phi) is 4.17. The van der Waals surface area contributed by atoms with Gasteiger partial charge in [-0.2, -0.15) is 4.39 Å². The van der Waals surface area contributed by atoms with Gasteiger partial charge < -0.3 is 4.90 Å². The highest BCUT2D eigenvalue weighted by molar-refractivity contribution is 5.94. The molecule has 1 amide bonds. The zero-order valence-corrected chi connectivity index (χ0v) is 9.48. The number of aromatic nitrogens is 1. The molecule has 86 valence electrons. The van der Waals surface area contributed by atoms with E-state index >= 15 is 0 Å². The molecule has 1 rings (SSSR count). The van der Waals surface area contributed by atoms with Gasteiger partial charge in [0.25, 0.3) is 5.91 Å². The van der Waals surface area contributed by atoms with Crippen LogP contribution in [0.2, 0.25) is 0 Å². The van der Waals surface area contributed by atoms with Gasteiger partial charge in [0.1, 0.15) is 0 Å². The fraction of sp³-hybridized carbons (Fsp3) is 0.333. The summed E-state index contributed by atoms with van der Waals surface area (Å²) in [6.07, 6.45) is 2.94. The van der Waals surface area contributed by atoms with E-state index in [0.29, 0.717) is 6.54 Å². The average Bonchev–Trinajstić information content (AvgIpc) is 2.25. The van der Waals surface area contributed by atoms with Crippen LogP contribution in [-0.4, -0.2) is 28.4 Å². The Morgan fingerprint density at radius 3 is 2.88 bits per heavy atom. The van der Waals surface area contributed by atoms with Crippen molar-refractivity contribution in [2.45, 2.75) is 19.9 Å². The summed E-state index contributed by atoms with van der Waals surface area (Å²) >= 11 is 0. The predicted molar refractivity (Wildman–Crippen MR) is 60.6 cm³/mol. The molecule has 4 heteroatoms. The first-order chi connectivity index (χ1) is 7.57. The van der Waals surface area contributed by atoms with Crippen molar-refractivity contribution in [3.63, 3.8) is 0 Å². The summed E-state index contributed by atoms with van der Waals surface area (Å²) in [6, 6.07) is 2.97. The molecule has 1 aromatic heterocycles. The van der Waals surface area contributed by atoms with Crippen LogP contribution in [0.5, 0.6) is 0 Å². The Morgan fingerprint density at radius 1 is 1.69 bits per heavy atom. The quantitative estimate of drug-likeness (QED) is 0.578. The Morgan fingerprint density at radius 2 is 2.38 bits per heavy atom. The zero-order chi connectivity index (χ0) is 12.1. The monoisotopic (exact) mass is 222 g/mol. The molecule has 0 radical (unpaired) electrons. The molecule has 0 unspecified atom stereocenters. The number of hydrogen-bond acceptors (Lipinski definition) is 2. The molecular weight excluding hydrogens is 207 g/mol. The maximum Gasteiger partial charge on any atom is 0.259 e. The first-order valence-corrected chi connectivity index (χ1v) is 5.10. The Bertz CT molecular complexity index is 390. The number of halogens is 1. The molecule has 0 aliphatic heterocycles. The molecule has 0 atom stereocenters. The molecule has 0 saturated carbocycles. The van der Waals surface area contributed by atoms with Crippen LogP contribution in [0.25, 0.3) is 0 Å². The molecule has 3 nitrogen and oxygen atoms in total. The standard InChI is InChI=1S/C12H15FN2O/c1-4-8-15(9(2)3)12(16)10-6-5-7-14-11(10)13/h4-7,9H,1,8H2,2-3H3. The van der Waals surface area contributed by atoms with Crippen molar-refractivity contribution in [3.05, 3.63) is 42.5 Å². The lowest BCUT2D eigenvalue weighted by molar-refractivity contribution is 0.0723. The molecule has 0 saturated heterocycles. The predicted octanol–water partition coefficient (Wildman–Crippen LogP) is 2.26. The van der Waals surface area contributed by atoms with Crippen molar-refractivity contribution in [2.75, 3.05) is 6.54 Å². The summed E-state index contributed by atoms with van der Waals surface area (Å²) in [6.45, 7) is 7.71. The van der Waals surface area contributed by atoms with E-state index in [-0.39, 0.29) is 17.5 Å². The minimum absolute atomic E-state index is 0.00181. The number of nitrogens with zero attached hydrogens (tertiary/aromatic N) is 2. The van der Waals surface area contributed by atoms with E-state index in [0.717, 1.165) is 0 Å². The van der Waals surface area contributed by atoms with Crippen LogP contribution in [0.15, 0.2) is 31.0 Å². The first-order valence-electron chi connectivity index (χ1n) is 5.10. The molecule has 0 N–H and O–H groups in total. The van der Waals surface area contributed by atoms with Gasteiger partial charge in [0, 0.05) is 18.8 Å². The lowest BCUT2D eigenvalue weighted by Crippen LogP contribution is -2.37. The molecule has 16 heavy (non-hydrogen) atoms. The molecule has 1 heterocycles. The van der Waals surface area contributed by atoms with Crippen molar-refractivity contribution >= 4 is 5.91 Å². The molecule has 0 aliphatic carbocycles. The van der Waals surface area contributed by atoms with Gasteiger partial charge in [-0.05, 0) is 26.0 Å². The number of rotatable bonds is 4. The van der Waals surface area contributed by atoms with Gasteiger partial charge in [0.15, 0.2) is 0 Å². The Balaban J connectivity index is 2.99. The van der Waals surface area contributed by atoms with E-state index in [2.05, 4.69) is 11.6 Å². The van der Waals surface area contributed by atoms with Gasteiger partial charge in [0.05, 0.1) is 5.56 Å². The minimum Gasteiger partial charge on any atom is -0.332 e. The molecule has 0 bridgehead atoms. The lowest BCUT2D eigenvalue weighted by atomic mass is 10.2. The topological polar surface area (TPSA) is 33.2 Å². The van der Waals surface area contributed by atoms with E-state index in [1.165, 1.54) is 17.2 Å². The van der Waals surface area contributed by atoms with Crippen LogP contribution in [0.4, 0.5) is 4.39 Å². The highest BCUT2D eigenvalue weighted by Crippen LogP contribution is 2.10. The van der Waals surface area contributed by atoms with Crippen LogP contribution in [-0.2, 0) is 0 Å². The van der Waals surface area contributed by atoms with Crippen molar-refractivity contribution in [1.29, 1.82) is 0 Å². The van der Waals surface area contributed by atoms with E-state index in [1.807, 2.05) is 13.8 Å². The molecule has 0 spiro atoms. The number of hydrogen-bond donors (Lipinski definition) is 0. The van der Waals surface area contributed by atoms with E-state index < -0.39 is 5.95 Å². The fourth-order valence-corrected chi connectivity index (χ4v) is 1.37. The summed E-state index contributed by atoms with van der Waals surface area (Å²) in [5.74, 6) is -1.09. The van der Waals surface area contributed by atoms with Crippen LogP contribution in [0, 0.1) is 5.95 Å². The van der Waals surface area contributed by atoms with Crippen molar-refractivity contribution < 1.29 is 9.18 Å². The summed E-state index contributed by atoms with van der Waals surface area (Å²) in [7, 11) is 0. The third kappa shape index (κ3) is 2.66. The van der Waals surface area contributed by atoms with Crippen LogP contribution >= 0.6 is 0 Å². The van der Waals surface area contributed by atoms with E-state index in [1.54, 1.807) is 12.1 Å². The van der Waals surface area contributed by atoms with Crippen molar-refractivity contribution in [1.82, 2.24) is 9.88 Å². The molecule has 0 fully saturated rings. The number of carbonyl (C=O) groups is 1. The Labute approximate surface area is 94.6 Å². The van der Waals surface area contributed by atoms with Gasteiger partial charge in [-0.25, -0.2) is 4.98 Å². The third-order valence-electron chi connectivity index (χ3n) is 2.20. The normalized spacial score (nSPS) is 10.2. The Hall–Kier alpha value is -1.71. The highest BCUT2D eigenvalue weighted by Gasteiger charge is 2.20. The molecule has 0 aromatic carbocycles. The van der Waals surface area contributed by atoms with Gasteiger partial charge in [-0.15, -0.1) is 6.58 Å². The van der Waals surface area contributed by atoms with E-state index in [9.17, 15) is 9.18 Å². The molecular formula is C12H15FN2O. The van der Waals surface area contributed by atoms with Gasteiger partial charge >= 0.3 is 0 Å². The van der Waals surface area contributed by atoms with Crippen LogP contribution in [0.3, 0.4) is 0 Å². The van der Waals surface area contributed by atoms with Crippen LogP contribution < -0.4 is 0 Å². The fourth-order valence-electron chi connectivity index (χ4n) is 1.37. The summed E-state index contributed by atoms with van der Waals surface area (Å²) in [5, 5.41) is 0. The van der Waals surface area contributed by atoms with Crippen LogP contribution in [0.1, 0.15) is 24.2 Å². The SMILES string of the molecule is C=CCN(C(=O)c1cccnc1F)C(C)C. The number of pyridine rings is 1. The second-order valence-electron chi connectivity index (χ2n) is 3.68. The van der Waals surface area contributed by atoms with Gasteiger partial charge in [0.2, 0.25) is 5.95 Å². The first kappa shape index (κ1) is 12.4.